The zero-order valence-corrected chi connectivity index (χ0v) is 15.0. The van der Waals surface area contributed by atoms with Crippen molar-refractivity contribution in [3.8, 4) is 17.2 Å². The number of aldehydes is 1. The summed E-state index contributed by atoms with van der Waals surface area (Å²) in [6.07, 6.45) is 0.293. The Kier molecular flexibility index (Phi) is 6.46. The van der Waals surface area contributed by atoms with E-state index in [2.05, 4.69) is 5.32 Å². The van der Waals surface area contributed by atoms with Crippen LogP contribution < -0.4 is 19.5 Å². The average molecular weight is 385 g/mol. The maximum Gasteiger partial charge on any atom is 0.344 e. The summed E-state index contributed by atoms with van der Waals surface area (Å²) in [5.74, 6) is 0.363. The van der Waals surface area contributed by atoms with E-state index in [1.807, 2.05) is 12.1 Å². The minimum absolute atomic E-state index is 0.216. The fourth-order valence-electron chi connectivity index (χ4n) is 2.48. The van der Waals surface area contributed by atoms with E-state index < -0.39 is 25.1 Å². The number of hydrogen-bond donors (Lipinski definition) is 1. The summed E-state index contributed by atoms with van der Waals surface area (Å²) in [7, 11) is 0. The smallest absolute Gasteiger partial charge is 0.344 e. The third-order valence-electron chi connectivity index (χ3n) is 3.85. The molecular weight excluding hydrogens is 366 g/mol. The van der Waals surface area contributed by atoms with E-state index >= 15 is 0 Å². The van der Waals surface area contributed by atoms with Gasteiger partial charge in [-0.05, 0) is 24.3 Å². The molecule has 0 radical (unpaired) electrons. The van der Waals surface area contributed by atoms with Crippen LogP contribution in [0.25, 0.3) is 0 Å². The number of ether oxygens (including phenoxy) is 4. The van der Waals surface area contributed by atoms with Gasteiger partial charge in [0, 0.05) is 0 Å². The van der Waals surface area contributed by atoms with E-state index in [-0.39, 0.29) is 18.4 Å². The van der Waals surface area contributed by atoms with E-state index in [1.165, 1.54) is 0 Å². The van der Waals surface area contributed by atoms with Crippen LogP contribution in [0.2, 0.25) is 0 Å². The van der Waals surface area contributed by atoms with Gasteiger partial charge >= 0.3 is 5.97 Å². The molecule has 1 N–H and O–H groups in total. The van der Waals surface area contributed by atoms with Gasteiger partial charge in [-0.2, -0.15) is 0 Å². The van der Waals surface area contributed by atoms with Crippen LogP contribution in [0.3, 0.4) is 0 Å². The summed E-state index contributed by atoms with van der Waals surface area (Å²) in [6, 6.07) is 13.8. The number of fused-ring (bicyclic) bond motifs is 1. The third-order valence-corrected chi connectivity index (χ3v) is 3.85. The van der Waals surface area contributed by atoms with E-state index in [4.69, 9.17) is 18.9 Å². The van der Waals surface area contributed by atoms with Crippen molar-refractivity contribution < 1.29 is 33.3 Å². The molecule has 1 aliphatic rings. The highest BCUT2D eigenvalue weighted by Crippen LogP contribution is 2.30. The van der Waals surface area contributed by atoms with Crippen molar-refractivity contribution >= 4 is 18.2 Å². The van der Waals surface area contributed by atoms with Gasteiger partial charge in [-0.3, -0.25) is 9.59 Å². The maximum absolute atomic E-state index is 11.8. The van der Waals surface area contributed by atoms with Gasteiger partial charge in [-0.25, -0.2) is 4.79 Å². The van der Waals surface area contributed by atoms with Crippen LogP contribution >= 0.6 is 0 Å². The number of rotatable bonds is 8. The Morgan fingerprint density at radius 2 is 1.82 bits per heavy atom. The molecule has 2 aromatic rings. The summed E-state index contributed by atoms with van der Waals surface area (Å²) in [5, 5.41) is 2.62. The first-order valence-electron chi connectivity index (χ1n) is 8.63. The molecule has 0 bridgehead atoms. The summed E-state index contributed by atoms with van der Waals surface area (Å²) >= 11 is 0. The summed E-state index contributed by atoms with van der Waals surface area (Å²) in [5.41, 5.74) is 0.323. The largest absolute Gasteiger partial charge is 0.486 e. The number of para-hydroxylation sites is 3. The number of nitrogens with one attached hydrogen (secondary N) is 1. The molecule has 1 amide bonds. The second-order valence-electron chi connectivity index (χ2n) is 5.91. The van der Waals surface area contributed by atoms with Crippen molar-refractivity contribution in [3.05, 3.63) is 54.1 Å². The molecule has 28 heavy (non-hydrogen) atoms. The van der Waals surface area contributed by atoms with Crippen LogP contribution in [0.5, 0.6) is 17.2 Å². The molecule has 0 aromatic heterocycles. The Morgan fingerprint density at radius 1 is 1.07 bits per heavy atom. The van der Waals surface area contributed by atoms with Crippen molar-refractivity contribution in [1.29, 1.82) is 0 Å². The lowest BCUT2D eigenvalue weighted by atomic mass is 10.2. The standard InChI is InChI=1S/C20H19NO7/c22-10-14-5-1-2-6-16(14)26-13-20(24)27-12-19(23)21-9-15-11-25-17-7-3-4-8-18(17)28-15/h1-8,10,15H,9,11-13H2,(H,21,23)/t15-/m0/s1. The van der Waals surface area contributed by atoms with Crippen LogP contribution in [0.4, 0.5) is 0 Å². The van der Waals surface area contributed by atoms with Gasteiger partial charge in [0.15, 0.2) is 31.0 Å². The van der Waals surface area contributed by atoms with Crippen LogP contribution in [0.15, 0.2) is 48.5 Å². The van der Waals surface area contributed by atoms with Crippen LogP contribution in [-0.4, -0.2) is 50.6 Å². The predicted octanol–water partition coefficient (Wildman–Crippen LogP) is 1.38. The second kappa shape index (κ2) is 9.40. The number of amides is 1. The van der Waals surface area contributed by atoms with Crippen LogP contribution in [0, 0.1) is 0 Å². The first kappa shape index (κ1) is 19.2. The number of carbonyl (C=O) groups is 3. The Morgan fingerprint density at radius 3 is 2.64 bits per heavy atom. The zero-order chi connectivity index (χ0) is 19.8. The molecule has 8 nitrogen and oxygen atoms in total. The highest BCUT2D eigenvalue weighted by Gasteiger charge is 2.21. The van der Waals surface area contributed by atoms with Crippen LogP contribution in [-0.2, 0) is 14.3 Å². The molecule has 0 aliphatic carbocycles. The molecule has 8 heteroatoms. The van der Waals surface area contributed by atoms with E-state index in [9.17, 15) is 14.4 Å². The molecule has 1 heterocycles. The SMILES string of the molecule is O=Cc1ccccc1OCC(=O)OCC(=O)NC[C@H]1COc2ccccc2O1. The lowest BCUT2D eigenvalue weighted by molar-refractivity contribution is -0.150. The summed E-state index contributed by atoms with van der Waals surface area (Å²) < 4.78 is 21.4. The molecular formula is C20H19NO7. The normalized spacial score (nSPS) is 14.6. The molecule has 0 unspecified atom stereocenters. The first-order chi connectivity index (χ1) is 13.7. The number of esters is 1. The first-order valence-corrected chi connectivity index (χ1v) is 8.63. The van der Waals surface area contributed by atoms with Gasteiger partial charge in [-0.15, -0.1) is 0 Å². The van der Waals surface area contributed by atoms with Gasteiger partial charge in [-0.1, -0.05) is 24.3 Å². The van der Waals surface area contributed by atoms with Gasteiger partial charge < -0.3 is 24.3 Å². The number of benzene rings is 2. The fraction of sp³-hybridized carbons (Fsp3) is 0.250. The Hall–Kier alpha value is -3.55. The highest BCUT2D eigenvalue weighted by atomic mass is 16.6. The Bertz CT molecular complexity index is 852. The Labute approximate surface area is 161 Å². The lowest BCUT2D eigenvalue weighted by Gasteiger charge is -2.26. The molecule has 1 atom stereocenters. The topological polar surface area (TPSA) is 100 Å². The monoisotopic (exact) mass is 385 g/mol. The van der Waals surface area contributed by atoms with Gasteiger partial charge in [0.1, 0.15) is 18.5 Å². The highest BCUT2D eigenvalue weighted by molar-refractivity contribution is 5.81. The van der Waals surface area contributed by atoms with E-state index in [0.717, 1.165) is 0 Å². The lowest BCUT2D eigenvalue weighted by Crippen LogP contribution is -2.42. The van der Waals surface area contributed by atoms with E-state index in [0.29, 0.717) is 30.0 Å². The predicted molar refractivity (Wildman–Crippen MR) is 97.6 cm³/mol. The van der Waals surface area contributed by atoms with Gasteiger partial charge in [0.2, 0.25) is 0 Å². The average Bonchev–Trinajstić information content (AvgIpc) is 2.74. The molecule has 0 fully saturated rings. The van der Waals surface area contributed by atoms with Crippen molar-refractivity contribution in [2.45, 2.75) is 6.10 Å². The molecule has 0 spiro atoms. The minimum atomic E-state index is -0.720. The summed E-state index contributed by atoms with van der Waals surface area (Å²) in [4.78, 5) is 34.4. The van der Waals surface area contributed by atoms with Crippen molar-refractivity contribution in [1.82, 2.24) is 5.32 Å². The molecule has 146 valence electrons. The van der Waals surface area contributed by atoms with E-state index in [1.54, 1.807) is 36.4 Å². The van der Waals surface area contributed by atoms with Gasteiger partial charge in [0.25, 0.3) is 5.91 Å². The molecule has 0 saturated carbocycles. The molecule has 1 aliphatic heterocycles. The second-order valence-corrected chi connectivity index (χ2v) is 5.91. The van der Waals surface area contributed by atoms with Crippen molar-refractivity contribution in [2.75, 3.05) is 26.4 Å². The third kappa shape index (κ3) is 5.23. The van der Waals surface area contributed by atoms with Gasteiger partial charge in [0.05, 0.1) is 12.1 Å². The quantitative estimate of drug-likeness (QED) is 0.541. The maximum atomic E-state index is 11.8. The van der Waals surface area contributed by atoms with Crippen LogP contribution in [0.1, 0.15) is 10.4 Å². The molecule has 0 saturated heterocycles. The number of carbonyl (C=O) groups excluding carboxylic acids is 3. The molecule has 3 rings (SSSR count). The summed E-state index contributed by atoms with van der Waals surface area (Å²) in [6.45, 7) is -0.328. The van der Waals surface area contributed by atoms with Crippen molar-refractivity contribution in [2.24, 2.45) is 0 Å². The Balaban J connectivity index is 1.35. The number of hydrogen-bond acceptors (Lipinski definition) is 7. The fourth-order valence-corrected chi connectivity index (χ4v) is 2.48. The minimum Gasteiger partial charge on any atom is -0.486 e. The molecule has 2 aromatic carbocycles. The zero-order valence-electron chi connectivity index (χ0n) is 15.0. The van der Waals surface area contributed by atoms with Crippen molar-refractivity contribution in [3.63, 3.8) is 0 Å².